The van der Waals surface area contributed by atoms with Crippen molar-refractivity contribution in [2.75, 3.05) is 6.54 Å². The van der Waals surface area contributed by atoms with Crippen molar-refractivity contribution in [1.29, 1.82) is 0 Å². The van der Waals surface area contributed by atoms with Crippen molar-refractivity contribution < 1.29 is 8.42 Å². The lowest BCUT2D eigenvalue weighted by Gasteiger charge is -2.06. The van der Waals surface area contributed by atoms with Crippen LogP contribution in [0.2, 0.25) is 5.15 Å². The van der Waals surface area contributed by atoms with E-state index in [9.17, 15) is 8.42 Å². The molecule has 8 heteroatoms. The number of nitrogens with one attached hydrogen (secondary N) is 1. The summed E-state index contributed by atoms with van der Waals surface area (Å²) in [6.07, 6.45) is 4.92. The van der Waals surface area contributed by atoms with E-state index in [1.807, 2.05) is 13.1 Å². The molecule has 102 valence electrons. The van der Waals surface area contributed by atoms with E-state index in [-0.39, 0.29) is 16.6 Å². The van der Waals surface area contributed by atoms with Gasteiger partial charge in [-0.1, -0.05) is 11.6 Å². The molecule has 2 aromatic heterocycles. The zero-order chi connectivity index (χ0) is 13.9. The maximum absolute atomic E-state index is 12.0. The van der Waals surface area contributed by atoms with Crippen LogP contribution in [0, 0.1) is 6.92 Å². The van der Waals surface area contributed by atoms with Crippen molar-refractivity contribution in [3.05, 3.63) is 41.4 Å². The van der Waals surface area contributed by atoms with Crippen LogP contribution in [-0.2, 0) is 16.6 Å². The molecule has 0 radical (unpaired) electrons. The zero-order valence-electron chi connectivity index (χ0n) is 10.2. The number of hydrogen-bond donors (Lipinski definition) is 1. The largest absolute Gasteiger partial charge is 0.271 e. The van der Waals surface area contributed by atoms with Crippen molar-refractivity contribution in [3.63, 3.8) is 0 Å². The third kappa shape index (κ3) is 3.76. The summed E-state index contributed by atoms with van der Waals surface area (Å²) in [4.78, 5) is 3.84. The first kappa shape index (κ1) is 14.0. The molecule has 0 unspecified atom stereocenters. The predicted molar refractivity (Wildman–Crippen MR) is 71.4 cm³/mol. The number of hydrogen-bond acceptors (Lipinski definition) is 4. The number of halogens is 1. The van der Waals surface area contributed by atoms with Gasteiger partial charge in [-0.15, -0.1) is 0 Å². The Labute approximate surface area is 116 Å². The van der Waals surface area contributed by atoms with E-state index in [2.05, 4.69) is 14.8 Å². The van der Waals surface area contributed by atoms with Crippen LogP contribution in [0.1, 0.15) is 5.56 Å². The maximum Gasteiger partial charge on any atom is 0.240 e. The van der Waals surface area contributed by atoms with Gasteiger partial charge in [0.1, 0.15) is 5.15 Å². The summed E-state index contributed by atoms with van der Waals surface area (Å²) in [6, 6.07) is 2.70. The molecule has 0 aliphatic carbocycles. The number of sulfonamides is 1. The molecular formula is C11H13ClN4O2S. The second-order valence-electron chi connectivity index (χ2n) is 3.99. The summed E-state index contributed by atoms with van der Waals surface area (Å²) >= 11 is 5.67. The van der Waals surface area contributed by atoms with E-state index >= 15 is 0 Å². The number of rotatable bonds is 5. The van der Waals surface area contributed by atoms with Crippen molar-refractivity contribution >= 4 is 21.6 Å². The molecule has 0 saturated heterocycles. The first-order chi connectivity index (χ1) is 8.97. The maximum atomic E-state index is 12.0. The Hall–Kier alpha value is -1.44. The van der Waals surface area contributed by atoms with Crippen LogP contribution in [0.4, 0.5) is 0 Å². The molecule has 2 heterocycles. The summed E-state index contributed by atoms with van der Waals surface area (Å²) < 4.78 is 28.1. The Kier molecular flexibility index (Phi) is 4.18. The molecule has 2 rings (SSSR count). The van der Waals surface area contributed by atoms with Gasteiger partial charge in [0, 0.05) is 18.9 Å². The van der Waals surface area contributed by atoms with Gasteiger partial charge in [0.2, 0.25) is 10.0 Å². The van der Waals surface area contributed by atoms with Crippen LogP contribution in [0.5, 0.6) is 0 Å². The molecule has 19 heavy (non-hydrogen) atoms. The molecule has 0 atom stereocenters. The van der Waals surface area contributed by atoms with Gasteiger partial charge >= 0.3 is 0 Å². The average molecular weight is 301 g/mol. The molecule has 0 saturated carbocycles. The van der Waals surface area contributed by atoms with Crippen molar-refractivity contribution in [1.82, 2.24) is 19.5 Å². The molecule has 0 aliphatic rings. The third-order valence-corrected chi connectivity index (χ3v) is 4.07. The first-order valence-corrected chi connectivity index (χ1v) is 7.44. The molecule has 0 aromatic carbocycles. The van der Waals surface area contributed by atoms with E-state index in [0.717, 1.165) is 5.56 Å². The van der Waals surface area contributed by atoms with Crippen LogP contribution in [0.25, 0.3) is 0 Å². The van der Waals surface area contributed by atoms with Gasteiger partial charge in [-0.2, -0.15) is 5.10 Å². The molecule has 0 aliphatic heterocycles. The van der Waals surface area contributed by atoms with Gasteiger partial charge in [0.05, 0.1) is 17.6 Å². The highest BCUT2D eigenvalue weighted by Gasteiger charge is 2.13. The topological polar surface area (TPSA) is 76.9 Å². The van der Waals surface area contributed by atoms with Crippen molar-refractivity contribution in [3.8, 4) is 0 Å². The Morgan fingerprint density at radius 1 is 1.47 bits per heavy atom. The van der Waals surface area contributed by atoms with E-state index in [1.54, 1.807) is 10.9 Å². The Bertz CT molecular complexity index is 669. The van der Waals surface area contributed by atoms with Gasteiger partial charge in [-0.05, 0) is 24.6 Å². The monoisotopic (exact) mass is 300 g/mol. The molecule has 0 amide bonds. The lowest BCUT2D eigenvalue weighted by molar-refractivity contribution is 0.560. The minimum absolute atomic E-state index is 0.101. The number of nitrogens with zero attached hydrogens (tertiary/aromatic N) is 3. The Morgan fingerprint density at radius 3 is 2.89 bits per heavy atom. The molecule has 6 nitrogen and oxygen atoms in total. The van der Waals surface area contributed by atoms with E-state index < -0.39 is 10.0 Å². The van der Waals surface area contributed by atoms with Gasteiger partial charge < -0.3 is 0 Å². The van der Waals surface area contributed by atoms with Crippen LogP contribution in [0.3, 0.4) is 0 Å². The summed E-state index contributed by atoms with van der Waals surface area (Å²) in [6.45, 7) is 2.64. The summed E-state index contributed by atoms with van der Waals surface area (Å²) in [5, 5.41) is 4.22. The van der Waals surface area contributed by atoms with E-state index in [0.29, 0.717) is 6.54 Å². The predicted octanol–water partition coefficient (Wildman–Crippen LogP) is 1.22. The summed E-state index contributed by atoms with van der Waals surface area (Å²) in [7, 11) is -3.56. The number of aryl methyl sites for hydroxylation is 1. The van der Waals surface area contributed by atoms with Crippen molar-refractivity contribution in [2.24, 2.45) is 0 Å². The summed E-state index contributed by atoms with van der Waals surface area (Å²) in [5.41, 5.74) is 1.03. The van der Waals surface area contributed by atoms with Crippen LogP contribution in [0.15, 0.2) is 35.6 Å². The SMILES string of the molecule is Cc1cnn(CCNS(=O)(=O)c2ccnc(Cl)c2)c1. The van der Waals surface area contributed by atoms with E-state index in [1.165, 1.54) is 18.3 Å². The van der Waals surface area contributed by atoms with Crippen LogP contribution in [-0.4, -0.2) is 29.7 Å². The van der Waals surface area contributed by atoms with Gasteiger partial charge in [0.25, 0.3) is 0 Å². The fourth-order valence-electron chi connectivity index (χ4n) is 1.52. The quantitative estimate of drug-likeness (QED) is 0.842. The molecule has 0 spiro atoms. The highest BCUT2D eigenvalue weighted by atomic mass is 35.5. The van der Waals surface area contributed by atoms with Crippen LogP contribution < -0.4 is 4.72 Å². The fourth-order valence-corrected chi connectivity index (χ4v) is 2.79. The minimum Gasteiger partial charge on any atom is -0.271 e. The highest BCUT2D eigenvalue weighted by Crippen LogP contribution is 2.12. The number of pyridine rings is 1. The first-order valence-electron chi connectivity index (χ1n) is 5.58. The molecule has 1 N–H and O–H groups in total. The fraction of sp³-hybridized carbons (Fsp3) is 0.273. The normalized spacial score (nSPS) is 11.7. The Morgan fingerprint density at radius 2 is 2.26 bits per heavy atom. The van der Waals surface area contributed by atoms with Crippen LogP contribution >= 0.6 is 11.6 Å². The van der Waals surface area contributed by atoms with Gasteiger partial charge in [-0.25, -0.2) is 18.1 Å². The summed E-state index contributed by atoms with van der Waals surface area (Å²) in [5.74, 6) is 0. The van der Waals surface area contributed by atoms with E-state index in [4.69, 9.17) is 11.6 Å². The van der Waals surface area contributed by atoms with Crippen molar-refractivity contribution in [2.45, 2.75) is 18.4 Å². The van der Waals surface area contributed by atoms with Gasteiger partial charge in [-0.3, -0.25) is 4.68 Å². The second-order valence-corrected chi connectivity index (χ2v) is 6.15. The highest BCUT2D eigenvalue weighted by molar-refractivity contribution is 7.89. The molecule has 0 bridgehead atoms. The molecule has 0 fully saturated rings. The zero-order valence-corrected chi connectivity index (χ0v) is 11.8. The Balaban J connectivity index is 1.98. The molecular weight excluding hydrogens is 288 g/mol. The minimum atomic E-state index is -3.56. The standard InChI is InChI=1S/C11H13ClN4O2S/c1-9-7-14-16(8-9)5-4-15-19(17,18)10-2-3-13-11(12)6-10/h2-3,6-8,15H,4-5H2,1H3. The third-order valence-electron chi connectivity index (χ3n) is 2.40. The lowest BCUT2D eigenvalue weighted by Crippen LogP contribution is -2.27. The smallest absolute Gasteiger partial charge is 0.240 e. The average Bonchev–Trinajstić information content (AvgIpc) is 2.75. The molecule has 2 aromatic rings. The second kappa shape index (κ2) is 5.68. The lowest BCUT2D eigenvalue weighted by atomic mass is 10.4. The van der Waals surface area contributed by atoms with Gasteiger partial charge in [0.15, 0.2) is 0 Å². The number of aromatic nitrogens is 3.